The van der Waals surface area contributed by atoms with E-state index in [1.807, 2.05) is 43.5 Å². The van der Waals surface area contributed by atoms with Gasteiger partial charge in [-0.15, -0.1) is 11.8 Å². The quantitative estimate of drug-likeness (QED) is 0.281. The van der Waals surface area contributed by atoms with Crippen LogP contribution in [0.25, 0.3) is 0 Å². The highest BCUT2D eigenvalue weighted by Gasteiger charge is 2.53. The summed E-state index contributed by atoms with van der Waals surface area (Å²) in [4.78, 5) is 28.1. The molecule has 2 aliphatic rings. The Morgan fingerprint density at radius 2 is 2.03 bits per heavy atom. The van der Waals surface area contributed by atoms with Crippen molar-refractivity contribution in [3.63, 3.8) is 0 Å². The third-order valence-electron chi connectivity index (χ3n) is 6.75. The lowest BCUT2D eigenvalue weighted by Crippen LogP contribution is -2.61. The fourth-order valence-corrected chi connectivity index (χ4v) is 5.76. The molecule has 4 N–H and O–H groups in total. The van der Waals surface area contributed by atoms with Crippen molar-refractivity contribution in [2.24, 2.45) is 0 Å². The first-order chi connectivity index (χ1) is 17.5. The van der Waals surface area contributed by atoms with Crippen molar-refractivity contribution in [2.45, 2.75) is 63.2 Å². The molecule has 1 aliphatic heterocycles. The smallest absolute Gasteiger partial charge is 0.238 e. The summed E-state index contributed by atoms with van der Waals surface area (Å²) in [6.45, 7) is 8.89. The number of thioether (sulfide) groups is 1. The molecule has 36 heavy (non-hydrogen) atoms. The topological polar surface area (TPSA) is 109 Å². The summed E-state index contributed by atoms with van der Waals surface area (Å²) in [5.74, 6) is 0.0165. The number of rotatable bonds is 14. The Balaban J connectivity index is 1.65. The lowest BCUT2D eigenvalue weighted by atomic mass is 9.77. The average molecular weight is 513 g/mol. The first-order valence-electron chi connectivity index (χ1n) is 13.2. The van der Waals surface area contributed by atoms with E-state index in [-0.39, 0.29) is 17.9 Å². The number of likely N-dealkylation sites (tertiary alicyclic amines) is 1. The molecule has 2 fully saturated rings. The van der Waals surface area contributed by atoms with E-state index in [0.717, 1.165) is 56.8 Å². The van der Waals surface area contributed by atoms with Gasteiger partial charge in [0.25, 0.3) is 0 Å². The van der Waals surface area contributed by atoms with Crippen LogP contribution in [0.3, 0.4) is 0 Å². The zero-order valence-corrected chi connectivity index (χ0v) is 22.4. The van der Waals surface area contributed by atoms with Gasteiger partial charge in [0, 0.05) is 43.0 Å². The standard InChI is InChI=1S/C27H40N6O2S/c1-3-13-30-26(35)27(36-20-21(18-28)19-29-4-2)12-10-24(27)31-22-8-7-9-23(17-22)32-25(34)11-16-33-14-5-6-15-33/h7-9,17,20,24,29,31H,3-6,10-16,19H2,1-2H3,(H,30,35)(H,32,34)/b21-20-. The highest BCUT2D eigenvalue weighted by molar-refractivity contribution is 8.04. The molecule has 1 saturated heterocycles. The summed E-state index contributed by atoms with van der Waals surface area (Å²) >= 11 is 1.44. The molecule has 2 unspecified atom stereocenters. The van der Waals surface area contributed by atoms with Crippen LogP contribution in [-0.2, 0) is 9.59 Å². The molecule has 0 aromatic heterocycles. The first-order valence-corrected chi connectivity index (χ1v) is 14.0. The molecule has 1 aromatic carbocycles. The molecule has 1 heterocycles. The van der Waals surface area contributed by atoms with Gasteiger partial charge in [0.15, 0.2) is 0 Å². The van der Waals surface area contributed by atoms with Crippen LogP contribution in [0, 0.1) is 11.3 Å². The fourth-order valence-electron chi connectivity index (χ4n) is 4.51. The van der Waals surface area contributed by atoms with Crippen molar-refractivity contribution in [1.82, 2.24) is 15.5 Å². The third-order valence-corrected chi connectivity index (χ3v) is 8.25. The van der Waals surface area contributed by atoms with Gasteiger partial charge in [-0.2, -0.15) is 5.26 Å². The zero-order chi connectivity index (χ0) is 25.8. The summed E-state index contributed by atoms with van der Waals surface area (Å²) in [6, 6.07) is 9.83. The van der Waals surface area contributed by atoms with Crippen molar-refractivity contribution in [3.05, 3.63) is 35.2 Å². The lowest BCUT2D eigenvalue weighted by Gasteiger charge is -2.47. The highest BCUT2D eigenvalue weighted by Crippen LogP contribution is 2.47. The second kappa shape index (κ2) is 14.3. The average Bonchev–Trinajstić information content (AvgIpc) is 3.40. The van der Waals surface area contributed by atoms with E-state index in [4.69, 9.17) is 0 Å². The number of amides is 2. The van der Waals surface area contributed by atoms with Crippen LogP contribution in [0.1, 0.15) is 52.4 Å². The van der Waals surface area contributed by atoms with Gasteiger partial charge in [-0.3, -0.25) is 9.59 Å². The van der Waals surface area contributed by atoms with Gasteiger partial charge in [0.05, 0.1) is 12.1 Å². The predicted octanol–water partition coefficient (Wildman–Crippen LogP) is 3.70. The summed E-state index contributed by atoms with van der Waals surface area (Å²) < 4.78 is -0.682. The Labute approximate surface area is 219 Å². The fraction of sp³-hybridized carbons (Fsp3) is 0.593. The van der Waals surface area contributed by atoms with Crippen LogP contribution in [0.2, 0.25) is 0 Å². The van der Waals surface area contributed by atoms with Gasteiger partial charge < -0.3 is 26.2 Å². The molecule has 0 spiro atoms. The number of nitrogens with one attached hydrogen (secondary N) is 4. The Kier molecular flexibility index (Phi) is 11.1. The third kappa shape index (κ3) is 7.73. The Hall–Kier alpha value is -2.54. The van der Waals surface area contributed by atoms with Gasteiger partial charge in [-0.25, -0.2) is 0 Å². The second-order valence-electron chi connectivity index (χ2n) is 9.46. The number of likely N-dealkylation sites (N-methyl/N-ethyl adjacent to an activating group) is 1. The lowest BCUT2D eigenvalue weighted by molar-refractivity contribution is -0.125. The molecular formula is C27H40N6O2S. The first kappa shape index (κ1) is 28.0. The number of nitriles is 1. The molecule has 1 aliphatic carbocycles. The van der Waals surface area contributed by atoms with Crippen molar-refractivity contribution in [1.29, 1.82) is 5.26 Å². The minimum atomic E-state index is -0.682. The van der Waals surface area contributed by atoms with Crippen molar-refractivity contribution >= 4 is 35.0 Å². The Morgan fingerprint density at radius 1 is 1.25 bits per heavy atom. The van der Waals surface area contributed by atoms with Crippen molar-refractivity contribution in [2.75, 3.05) is 49.9 Å². The van der Waals surface area contributed by atoms with Crippen LogP contribution in [0.15, 0.2) is 35.2 Å². The van der Waals surface area contributed by atoms with Crippen molar-refractivity contribution < 1.29 is 9.59 Å². The zero-order valence-electron chi connectivity index (χ0n) is 21.6. The Morgan fingerprint density at radius 3 is 2.69 bits per heavy atom. The Bertz CT molecular complexity index is 956. The minimum Gasteiger partial charge on any atom is -0.380 e. The summed E-state index contributed by atoms with van der Waals surface area (Å²) in [5.41, 5.74) is 2.23. The van der Waals surface area contributed by atoms with Crippen LogP contribution in [-0.4, -0.2) is 66.8 Å². The van der Waals surface area contributed by atoms with E-state index in [1.165, 1.54) is 24.6 Å². The molecule has 3 rings (SSSR count). The van der Waals surface area contributed by atoms with Crippen LogP contribution < -0.4 is 21.3 Å². The van der Waals surface area contributed by atoms with E-state index in [1.54, 1.807) is 0 Å². The molecular weight excluding hydrogens is 472 g/mol. The maximum atomic E-state index is 13.3. The maximum absolute atomic E-state index is 13.3. The maximum Gasteiger partial charge on any atom is 0.238 e. The van der Waals surface area contributed by atoms with Gasteiger partial charge in [-0.1, -0.05) is 19.9 Å². The largest absolute Gasteiger partial charge is 0.380 e. The van der Waals surface area contributed by atoms with Crippen molar-refractivity contribution in [3.8, 4) is 6.07 Å². The number of hydrogen-bond donors (Lipinski definition) is 4. The predicted molar refractivity (Wildman–Crippen MR) is 148 cm³/mol. The van der Waals surface area contributed by atoms with E-state index in [0.29, 0.717) is 25.1 Å². The number of carbonyl (C=O) groups excluding carboxylic acids is 2. The van der Waals surface area contributed by atoms with Crippen LogP contribution in [0.4, 0.5) is 11.4 Å². The molecule has 8 nitrogen and oxygen atoms in total. The van der Waals surface area contributed by atoms with Gasteiger partial charge in [0.1, 0.15) is 4.75 Å². The molecule has 0 bridgehead atoms. The molecule has 2 amide bonds. The molecule has 1 saturated carbocycles. The van der Waals surface area contributed by atoms with Gasteiger partial charge in [0.2, 0.25) is 11.8 Å². The molecule has 2 atom stereocenters. The molecule has 0 radical (unpaired) electrons. The molecule has 1 aromatic rings. The monoisotopic (exact) mass is 512 g/mol. The van der Waals surface area contributed by atoms with Crippen LogP contribution in [0.5, 0.6) is 0 Å². The van der Waals surface area contributed by atoms with Gasteiger partial charge >= 0.3 is 0 Å². The summed E-state index contributed by atoms with van der Waals surface area (Å²) in [5, 5.41) is 24.1. The second-order valence-corrected chi connectivity index (χ2v) is 10.7. The van der Waals surface area contributed by atoms with E-state index < -0.39 is 4.75 Å². The molecule has 9 heteroatoms. The normalized spacial score (nSPS) is 21.9. The number of carbonyl (C=O) groups is 2. The summed E-state index contributed by atoms with van der Waals surface area (Å²) in [6.07, 6.45) is 5.37. The molecule has 196 valence electrons. The SMILES string of the molecule is CCCNC(=O)C1(S/C=C(/C#N)CNCC)CCC1Nc1cccc(NC(=O)CCN2CCCC2)c1. The van der Waals surface area contributed by atoms with Crippen LogP contribution >= 0.6 is 11.8 Å². The van der Waals surface area contributed by atoms with Gasteiger partial charge in [-0.05, 0) is 75.3 Å². The summed E-state index contributed by atoms with van der Waals surface area (Å²) in [7, 11) is 0. The highest BCUT2D eigenvalue weighted by atomic mass is 32.2. The minimum absolute atomic E-state index is 0.00135. The van der Waals surface area contributed by atoms with E-state index in [2.05, 4.69) is 32.2 Å². The number of nitrogens with zero attached hydrogens (tertiary/aromatic N) is 2. The van der Waals surface area contributed by atoms with E-state index in [9.17, 15) is 14.9 Å². The number of hydrogen-bond acceptors (Lipinski definition) is 7. The van der Waals surface area contributed by atoms with E-state index >= 15 is 0 Å². The number of benzene rings is 1. The number of anilines is 2.